The van der Waals surface area contributed by atoms with Gasteiger partial charge in [-0.2, -0.15) is 0 Å². The largest absolute Gasteiger partial charge is 0.497 e. The number of carbonyl (C=O) groups is 1. The highest BCUT2D eigenvalue weighted by molar-refractivity contribution is 5.89. The van der Waals surface area contributed by atoms with Crippen LogP contribution in [0.3, 0.4) is 0 Å². The van der Waals surface area contributed by atoms with Gasteiger partial charge in [0.05, 0.1) is 14.2 Å². The van der Waals surface area contributed by atoms with Crippen LogP contribution in [0.5, 0.6) is 11.5 Å². The van der Waals surface area contributed by atoms with Crippen molar-refractivity contribution >= 4 is 11.5 Å². The van der Waals surface area contributed by atoms with Crippen molar-refractivity contribution in [3.8, 4) is 11.5 Å². The van der Waals surface area contributed by atoms with Crippen molar-refractivity contribution in [1.82, 2.24) is 10.3 Å². The Balaban J connectivity index is 1.63. The van der Waals surface area contributed by atoms with E-state index in [9.17, 15) is 4.79 Å². The average molecular weight is 443 g/mol. The number of ether oxygens (including phenoxy) is 2. The second-order valence-electron chi connectivity index (χ2n) is 7.51. The zero-order chi connectivity index (χ0) is 23.3. The number of nitrogens with zero attached hydrogens (tertiary/aromatic N) is 1. The Kier molecular flexibility index (Phi) is 9.28. The van der Waals surface area contributed by atoms with Gasteiger partial charge in [-0.3, -0.25) is 9.78 Å². The molecule has 1 N–H and O–H groups in total. The van der Waals surface area contributed by atoms with Gasteiger partial charge in [0, 0.05) is 25.0 Å². The molecule has 5 heteroatoms. The monoisotopic (exact) mass is 442 g/mol. The van der Waals surface area contributed by atoms with Gasteiger partial charge in [-0.05, 0) is 71.9 Å². The summed E-state index contributed by atoms with van der Waals surface area (Å²) in [5, 5.41) is 2.95. The van der Waals surface area contributed by atoms with E-state index >= 15 is 0 Å². The topological polar surface area (TPSA) is 60.5 Å². The third-order valence-electron chi connectivity index (χ3n) is 5.19. The maximum Gasteiger partial charge on any atom is 0.243 e. The lowest BCUT2D eigenvalue weighted by molar-refractivity contribution is -0.116. The summed E-state index contributed by atoms with van der Waals surface area (Å²) in [5.41, 5.74) is 4.16. The van der Waals surface area contributed by atoms with E-state index in [1.54, 1.807) is 32.6 Å². The summed E-state index contributed by atoms with van der Waals surface area (Å²) in [5.74, 6) is 1.44. The third-order valence-corrected chi connectivity index (χ3v) is 5.19. The number of pyridine rings is 1. The maximum absolute atomic E-state index is 12.3. The minimum absolute atomic E-state index is 0.108. The normalized spacial score (nSPS) is 10.6. The molecular formula is C28H30N2O3. The molecule has 0 aliphatic heterocycles. The molecular weight excluding hydrogens is 412 g/mol. The predicted octanol–water partition coefficient (Wildman–Crippen LogP) is 5.23. The number of methoxy groups -OCH3 is 2. The summed E-state index contributed by atoms with van der Waals surface area (Å²) in [6.45, 7) is 0.645. The van der Waals surface area contributed by atoms with Crippen molar-refractivity contribution in [1.29, 1.82) is 0 Å². The molecule has 0 saturated heterocycles. The fraction of sp³-hybridized carbons (Fsp3) is 0.214. The fourth-order valence-electron chi connectivity index (χ4n) is 3.44. The predicted molar refractivity (Wildman–Crippen MR) is 132 cm³/mol. The molecule has 0 radical (unpaired) electrons. The molecule has 0 fully saturated rings. The van der Waals surface area contributed by atoms with Gasteiger partial charge in [-0.25, -0.2) is 0 Å². The Labute approximate surface area is 195 Å². The Morgan fingerprint density at radius 3 is 2.24 bits per heavy atom. The summed E-state index contributed by atoms with van der Waals surface area (Å²) in [6.07, 6.45) is 11.8. The first-order valence-corrected chi connectivity index (χ1v) is 11.0. The minimum atomic E-state index is -0.108. The van der Waals surface area contributed by atoms with Crippen LogP contribution in [0.2, 0.25) is 0 Å². The van der Waals surface area contributed by atoms with Crippen LogP contribution >= 0.6 is 0 Å². The number of rotatable bonds is 11. The molecule has 0 bridgehead atoms. The van der Waals surface area contributed by atoms with Gasteiger partial charge in [-0.15, -0.1) is 0 Å². The molecule has 0 aliphatic rings. The van der Waals surface area contributed by atoms with Crippen molar-refractivity contribution in [2.24, 2.45) is 0 Å². The lowest BCUT2D eigenvalue weighted by atomic mass is 9.97. The van der Waals surface area contributed by atoms with E-state index in [1.165, 1.54) is 5.56 Å². The highest BCUT2D eigenvalue weighted by atomic mass is 16.5. The molecule has 5 nitrogen and oxygen atoms in total. The quantitative estimate of drug-likeness (QED) is 0.251. The Morgan fingerprint density at radius 2 is 1.64 bits per heavy atom. The zero-order valence-electron chi connectivity index (χ0n) is 19.2. The standard InChI is InChI=1S/C28H30N2O3/c1-32-25-13-5-11-23(19-25)27(24-12-6-14-26(20-24)33-2)15-7-16-28(31)30-18-4-3-9-22-10-8-17-29-21-22/h5-8,10-17,19-21H,3-4,9,18H2,1-2H3,(H,30,31)/b16-7+. The van der Waals surface area contributed by atoms with Crippen LogP contribution in [-0.2, 0) is 11.2 Å². The molecule has 3 rings (SSSR count). The molecule has 2 aromatic carbocycles. The van der Waals surface area contributed by atoms with Crippen LogP contribution in [0.15, 0.2) is 91.3 Å². The maximum atomic E-state index is 12.3. The van der Waals surface area contributed by atoms with Crippen LogP contribution in [0.25, 0.3) is 5.57 Å². The lowest BCUT2D eigenvalue weighted by Crippen LogP contribution is -2.22. The molecule has 1 aromatic heterocycles. The summed E-state index contributed by atoms with van der Waals surface area (Å²) in [7, 11) is 3.30. The number of unbranched alkanes of at least 4 members (excludes halogenated alkanes) is 1. The zero-order valence-corrected chi connectivity index (χ0v) is 19.2. The molecule has 1 heterocycles. The molecule has 170 valence electrons. The summed E-state index contributed by atoms with van der Waals surface area (Å²) < 4.78 is 10.8. The van der Waals surface area contributed by atoms with Crippen molar-refractivity contribution in [3.05, 3.63) is 108 Å². The highest BCUT2D eigenvalue weighted by Crippen LogP contribution is 2.28. The number of hydrogen-bond acceptors (Lipinski definition) is 4. The number of allylic oxidation sites excluding steroid dienone is 2. The lowest BCUT2D eigenvalue weighted by Gasteiger charge is -2.11. The SMILES string of the molecule is COc1cccc(C(=C/C=C/C(=O)NCCCCc2cccnc2)c2cccc(OC)c2)c1. The van der Waals surface area contributed by atoms with Crippen molar-refractivity contribution < 1.29 is 14.3 Å². The number of aryl methyl sites for hydroxylation is 1. The van der Waals surface area contributed by atoms with Gasteiger partial charge < -0.3 is 14.8 Å². The molecule has 0 saturated carbocycles. The van der Waals surface area contributed by atoms with E-state index in [0.717, 1.165) is 47.5 Å². The van der Waals surface area contributed by atoms with Crippen LogP contribution in [0.4, 0.5) is 0 Å². The summed E-state index contributed by atoms with van der Waals surface area (Å²) in [6, 6.07) is 19.7. The van der Waals surface area contributed by atoms with E-state index in [-0.39, 0.29) is 5.91 Å². The van der Waals surface area contributed by atoms with E-state index in [1.807, 2.05) is 66.9 Å². The number of amides is 1. The van der Waals surface area contributed by atoms with Crippen molar-refractivity contribution in [2.45, 2.75) is 19.3 Å². The van der Waals surface area contributed by atoms with Crippen LogP contribution in [0.1, 0.15) is 29.5 Å². The van der Waals surface area contributed by atoms with Gasteiger partial charge in [-0.1, -0.05) is 42.5 Å². The first-order valence-electron chi connectivity index (χ1n) is 11.0. The summed E-state index contributed by atoms with van der Waals surface area (Å²) in [4.78, 5) is 16.4. The number of carbonyl (C=O) groups excluding carboxylic acids is 1. The van der Waals surface area contributed by atoms with Crippen LogP contribution in [-0.4, -0.2) is 31.7 Å². The second-order valence-corrected chi connectivity index (χ2v) is 7.51. The number of hydrogen-bond donors (Lipinski definition) is 1. The van der Waals surface area contributed by atoms with Gasteiger partial charge in [0.25, 0.3) is 0 Å². The summed E-state index contributed by atoms with van der Waals surface area (Å²) >= 11 is 0. The van der Waals surface area contributed by atoms with Crippen molar-refractivity contribution in [2.75, 3.05) is 20.8 Å². The molecule has 0 spiro atoms. The van der Waals surface area contributed by atoms with Crippen molar-refractivity contribution in [3.63, 3.8) is 0 Å². The fourth-order valence-corrected chi connectivity index (χ4v) is 3.44. The Hall–Kier alpha value is -3.86. The molecule has 3 aromatic rings. The Morgan fingerprint density at radius 1 is 0.939 bits per heavy atom. The van der Waals surface area contributed by atoms with E-state index in [4.69, 9.17) is 9.47 Å². The highest BCUT2D eigenvalue weighted by Gasteiger charge is 2.07. The van der Waals surface area contributed by atoms with Crippen LogP contribution in [0, 0.1) is 0 Å². The second kappa shape index (κ2) is 12.9. The van der Waals surface area contributed by atoms with E-state index in [2.05, 4.69) is 16.4 Å². The number of aromatic nitrogens is 1. The van der Waals surface area contributed by atoms with E-state index < -0.39 is 0 Å². The number of nitrogens with one attached hydrogen (secondary N) is 1. The van der Waals surface area contributed by atoms with E-state index in [0.29, 0.717) is 6.54 Å². The van der Waals surface area contributed by atoms with Crippen LogP contribution < -0.4 is 14.8 Å². The van der Waals surface area contributed by atoms with Gasteiger partial charge in [0.1, 0.15) is 11.5 Å². The van der Waals surface area contributed by atoms with Gasteiger partial charge in [0.15, 0.2) is 0 Å². The number of benzene rings is 2. The Bertz CT molecular complexity index is 1040. The smallest absolute Gasteiger partial charge is 0.243 e. The molecule has 0 aliphatic carbocycles. The average Bonchev–Trinajstić information content (AvgIpc) is 2.87. The molecule has 1 amide bonds. The first-order chi connectivity index (χ1) is 16.2. The van der Waals surface area contributed by atoms with Gasteiger partial charge >= 0.3 is 0 Å². The molecule has 33 heavy (non-hydrogen) atoms. The minimum Gasteiger partial charge on any atom is -0.497 e. The third kappa shape index (κ3) is 7.65. The molecule has 0 unspecified atom stereocenters. The first kappa shape index (κ1) is 23.8. The molecule has 0 atom stereocenters. The van der Waals surface area contributed by atoms with Gasteiger partial charge in [0.2, 0.25) is 5.91 Å².